The summed E-state index contributed by atoms with van der Waals surface area (Å²) in [5.41, 5.74) is 11.2. The van der Waals surface area contributed by atoms with E-state index >= 15 is 0 Å². The van der Waals surface area contributed by atoms with Gasteiger partial charge in [-0.3, -0.25) is 14.6 Å². The Morgan fingerprint density at radius 3 is 2.12 bits per heavy atom. The highest BCUT2D eigenvalue weighted by molar-refractivity contribution is 8.16. The molecule has 0 aliphatic carbocycles. The highest BCUT2D eigenvalue weighted by atomic mass is 32.2. The lowest BCUT2D eigenvalue weighted by molar-refractivity contribution is -0.136. The second kappa shape index (κ2) is 29.2. The van der Waals surface area contributed by atoms with E-state index in [0.29, 0.717) is 17.9 Å². The van der Waals surface area contributed by atoms with Gasteiger partial charge >= 0.3 is 0 Å². The summed E-state index contributed by atoms with van der Waals surface area (Å²) in [6.45, 7) is 17.0. The maximum absolute atomic E-state index is 11.7. The van der Waals surface area contributed by atoms with Gasteiger partial charge in [-0.15, -0.1) is 0 Å². The number of carbonyl (C=O) groups excluding carboxylic acids is 3. The number of hydrogen-bond donors (Lipinski definition) is 2. The fourth-order valence-corrected chi connectivity index (χ4v) is 6.83. The van der Waals surface area contributed by atoms with E-state index in [4.69, 9.17) is 15.2 Å². The van der Waals surface area contributed by atoms with E-state index in [1.165, 1.54) is 31.7 Å². The topological polar surface area (TPSA) is 141 Å². The van der Waals surface area contributed by atoms with Crippen LogP contribution in [0, 0.1) is 17.8 Å². The number of aliphatic imine (C=N–C) groups is 1. The number of likely N-dealkylation sites (tertiary alicyclic amines) is 1. The molecular weight excluding hydrogens is 639 g/mol. The van der Waals surface area contributed by atoms with Crippen molar-refractivity contribution in [2.45, 2.75) is 104 Å². The first-order valence-electron chi connectivity index (χ1n) is 17.5. The lowest BCUT2D eigenvalue weighted by Gasteiger charge is -2.37. The van der Waals surface area contributed by atoms with Crippen molar-refractivity contribution in [3.8, 4) is 0 Å². The second-order valence-electron chi connectivity index (χ2n) is 12.5. The molecule has 0 spiro atoms. The number of primary amides is 1. The number of rotatable bonds is 16. The van der Waals surface area contributed by atoms with Gasteiger partial charge in [-0.2, -0.15) is 0 Å². The molecule has 1 fully saturated rings. The predicted molar refractivity (Wildman–Crippen MR) is 208 cm³/mol. The lowest BCUT2D eigenvalue weighted by Crippen LogP contribution is -2.50. The summed E-state index contributed by atoms with van der Waals surface area (Å²) in [4.78, 5) is 40.2. The van der Waals surface area contributed by atoms with Crippen LogP contribution in [0.2, 0.25) is 0 Å². The minimum absolute atomic E-state index is 0.0268. The van der Waals surface area contributed by atoms with Gasteiger partial charge in [-0.05, 0) is 55.7 Å². The number of nitrogens with zero attached hydrogens (tertiary/aromatic N) is 3. The third-order valence-electron chi connectivity index (χ3n) is 8.68. The molecule has 0 aromatic heterocycles. The fraction of sp³-hybridized carbons (Fsp3) is 0.684. The van der Waals surface area contributed by atoms with Gasteiger partial charge in [0.2, 0.25) is 11.8 Å². The maximum Gasteiger partial charge on any atom is 0.236 e. The molecule has 1 heterocycles. The lowest BCUT2D eigenvalue weighted by atomic mass is 9.82. The van der Waals surface area contributed by atoms with Crippen LogP contribution in [0.1, 0.15) is 79.2 Å². The first-order chi connectivity index (χ1) is 23.3. The van der Waals surface area contributed by atoms with Crippen LogP contribution in [0.15, 0.2) is 47.3 Å². The number of amides is 2. The molecular formula is C38H69N5O5S. The van der Waals surface area contributed by atoms with E-state index < -0.39 is 0 Å². The summed E-state index contributed by atoms with van der Waals surface area (Å²) in [6, 6.07) is 11.1. The van der Waals surface area contributed by atoms with Crippen molar-refractivity contribution in [2.24, 2.45) is 34.2 Å². The minimum atomic E-state index is -0.333. The maximum atomic E-state index is 11.7. The summed E-state index contributed by atoms with van der Waals surface area (Å²) >= 11 is 1.65. The van der Waals surface area contributed by atoms with Crippen LogP contribution in [0.5, 0.6) is 0 Å². The van der Waals surface area contributed by atoms with Crippen LogP contribution in [0.4, 0.5) is 0 Å². The Balaban J connectivity index is 0. The van der Waals surface area contributed by atoms with Crippen LogP contribution in [-0.4, -0.2) is 106 Å². The molecule has 10 nitrogen and oxygen atoms in total. The molecule has 1 aromatic carbocycles. The summed E-state index contributed by atoms with van der Waals surface area (Å²) in [6.07, 6.45) is 6.65. The Morgan fingerprint density at radius 1 is 1.16 bits per heavy atom. The van der Waals surface area contributed by atoms with E-state index in [1.54, 1.807) is 30.8 Å². The molecule has 0 bridgehead atoms. The SMILES string of the molecule is C=CSC(=NC)C(Cc1ccccc1)C(C)C(OC)C1CCCN1C.CC(N)=O.CCC.CCC(C)C(C(CC=O)OC)N(C)C(=O)CN. The molecule has 2 amide bonds. The predicted octanol–water partition coefficient (Wildman–Crippen LogP) is 5.83. The largest absolute Gasteiger partial charge is 0.380 e. The van der Waals surface area contributed by atoms with Crippen LogP contribution < -0.4 is 11.5 Å². The van der Waals surface area contributed by atoms with Crippen molar-refractivity contribution in [3.63, 3.8) is 0 Å². The van der Waals surface area contributed by atoms with Crippen LogP contribution in [0.3, 0.4) is 0 Å². The molecule has 4 N–H and O–H groups in total. The Kier molecular flexibility index (Phi) is 28.9. The van der Waals surface area contributed by atoms with Crippen LogP contribution in [0.25, 0.3) is 0 Å². The Hall–Kier alpha value is -2.57. The van der Waals surface area contributed by atoms with Crippen molar-refractivity contribution >= 4 is 34.9 Å². The van der Waals surface area contributed by atoms with Gasteiger partial charge in [-0.25, -0.2) is 0 Å². The van der Waals surface area contributed by atoms with Crippen molar-refractivity contribution in [2.75, 3.05) is 48.5 Å². The number of likely N-dealkylation sites (N-methyl/N-ethyl adjacent to an activating group) is 2. The smallest absolute Gasteiger partial charge is 0.236 e. The molecule has 1 aliphatic heterocycles. The first kappa shape index (κ1) is 48.5. The average Bonchev–Trinajstić information content (AvgIpc) is 3.51. The molecule has 1 saturated heterocycles. The van der Waals surface area contributed by atoms with Gasteiger partial charge in [0.15, 0.2) is 0 Å². The van der Waals surface area contributed by atoms with Crippen molar-refractivity contribution in [1.82, 2.24) is 9.80 Å². The number of thioether (sulfide) groups is 1. The average molecular weight is 708 g/mol. The Morgan fingerprint density at radius 2 is 1.73 bits per heavy atom. The summed E-state index contributed by atoms with van der Waals surface area (Å²) in [5, 5.41) is 3.03. The fourth-order valence-electron chi connectivity index (χ4n) is 6.08. The van der Waals surface area contributed by atoms with Crippen molar-refractivity contribution in [1.29, 1.82) is 0 Å². The number of ether oxygens (including phenoxy) is 2. The van der Waals surface area contributed by atoms with E-state index in [-0.39, 0.29) is 48.9 Å². The molecule has 1 aliphatic rings. The third-order valence-corrected chi connectivity index (χ3v) is 9.57. The number of nitrogens with two attached hydrogens (primary N) is 2. The van der Waals surface area contributed by atoms with Gasteiger partial charge in [0, 0.05) is 53.6 Å². The standard InChI is InChI=1S/C21H32N2OS.C12H24N2O3.C3H8.C2H5NO/c1-6-25-21(22-3)18(15-17-11-8-7-9-12-17)16(2)20(24-5)19-13-10-14-23(19)4;1-5-9(2)12(10(17-4)6-7-15)14(3)11(16)8-13;1-3-2;1-2(3)4/h6-9,11-12,16,18-20H,1,10,13-15H2,2-5H3;7,9-10,12H,5-6,8,13H2,1-4H3;3H2,1-2H3;1H3,(H2,3,4). The normalized spacial score (nSPS) is 18.0. The number of carbonyl (C=O) groups is 3. The highest BCUT2D eigenvalue weighted by Gasteiger charge is 2.38. The van der Waals surface area contributed by atoms with Crippen LogP contribution in [-0.2, 0) is 30.3 Å². The molecule has 11 heteroatoms. The van der Waals surface area contributed by atoms with Gasteiger partial charge in [-0.1, -0.05) is 96.1 Å². The monoisotopic (exact) mass is 708 g/mol. The zero-order chi connectivity index (χ0) is 37.9. The molecule has 7 atom stereocenters. The van der Waals surface area contributed by atoms with Crippen molar-refractivity contribution in [3.05, 3.63) is 47.9 Å². The number of hydrogen-bond acceptors (Lipinski definition) is 9. The Labute approximate surface area is 302 Å². The van der Waals surface area contributed by atoms with Crippen molar-refractivity contribution < 1.29 is 23.9 Å². The van der Waals surface area contributed by atoms with E-state index in [9.17, 15) is 14.4 Å². The number of methoxy groups -OCH3 is 2. The molecule has 0 saturated carbocycles. The van der Waals surface area contributed by atoms with Gasteiger partial charge in [0.05, 0.1) is 29.8 Å². The van der Waals surface area contributed by atoms with Gasteiger partial charge in [0.1, 0.15) is 6.29 Å². The highest BCUT2D eigenvalue weighted by Crippen LogP contribution is 2.33. The van der Waals surface area contributed by atoms with E-state index in [1.807, 2.05) is 33.4 Å². The zero-order valence-electron chi connectivity index (χ0n) is 32.4. The molecule has 1 aromatic rings. The zero-order valence-corrected chi connectivity index (χ0v) is 33.2. The molecule has 49 heavy (non-hydrogen) atoms. The summed E-state index contributed by atoms with van der Waals surface area (Å²) < 4.78 is 11.4. The molecule has 7 unspecified atom stereocenters. The molecule has 2 rings (SSSR count). The number of benzene rings is 1. The molecule has 0 radical (unpaired) electrons. The summed E-state index contributed by atoms with van der Waals surface area (Å²) in [5.74, 6) is 0.486. The van der Waals surface area contributed by atoms with E-state index in [0.717, 1.165) is 30.7 Å². The third kappa shape index (κ3) is 18.8. The Bertz CT molecular complexity index is 1060. The second-order valence-corrected chi connectivity index (χ2v) is 13.5. The molecule has 282 valence electrons. The van der Waals surface area contributed by atoms with E-state index in [2.05, 4.69) is 80.4 Å². The van der Waals surface area contributed by atoms with Gasteiger partial charge < -0.3 is 35.5 Å². The number of aldehydes is 1. The first-order valence-corrected chi connectivity index (χ1v) is 18.4. The quantitative estimate of drug-likeness (QED) is 0.124. The van der Waals surface area contributed by atoms with Crippen LogP contribution >= 0.6 is 11.8 Å². The minimum Gasteiger partial charge on any atom is -0.380 e. The summed E-state index contributed by atoms with van der Waals surface area (Å²) in [7, 11) is 9.24. The van der Waals surface area contributed by atoms with Gasteiger partial charge in [0.25, 0.3) is 0 Å².